The van der Waals surface area contributed by atoms with Gasteiger partial charge in [-0.15, -0.1) is 0 Å². The molecule has 0 saturated heterocycles. The Balaban J connectivity index is 3.70. The molecule has 84 valence electrons. The molecule has 0 aromatic heterocycles. The Hall–Kier alpha value is -0.340. The molecule has 0 fully saturated rings. The maximum absolute atomic E-state index is 5.05. The highest BCUT2D eigenvalue weighted by molar-refractivity contribution is 4.96. The molecule has 0 amide bonds. The molecule has 0 aliphatic carbocycles. The molecule has 1 N–H and O–H groups in total. The van der Waals surface area contributed by atoms with Crippen molar-refractivity contribution in [2.24, 2.45) is 0 Å². The van der Waals surface area contributed by atoms with Gasteiger partial charge in [-0.3, -0.25) is 0 Å². The highest BCUT2D eigenvalue weighted by Gasteiger charge is 2.07. The highest BCUT2D eigenvalue weighted by Crippen LogP contribution is 2.11. The molecule has 0 heterocycles. The van der Waals surface area contributed by atoms with Crippen LogP contribution in [0.5, 0.6) is 0 Å². The molecule has 0 aliphatic rings. The lowest BCUT2D eigenvalue weighted by Crippen LogP contribution is -2.29. The van der Waals surface area contributed by atoms with E-state index >= 15 is 0 Å². The van der Waals surface area contributed by atoms with E-state index in [0.29, 0.717) is 6.04 Å². The smallest absolute Gasteiger partial charge is 0.0462 e. The van der Waals surface area contributed by atoms with Gasteiger partial charge in [0.15, 0.2) is 0 Å². The van der Waals surface area contributed by atoms with E-state index in [2.05, 4.69) is 25.7 Å². The molecule has 14 heavy (non-hydrogen) atoms. The molecule has 0 rings (SSSR count). The summed E-state index contributed by atoms with van der Waals surface area (Å²) in [4.78, 5) is 0. The summed E-state index contributed by atoms with van der Waals surface area (Å²) < 4.78 is 5.05. The first-order valence-corrected chi connectivity index (χ1v) is 5.63. The van der Waals surface area contributed by atoms with Crippen molar-refractivity contribution in [3.05, 3.63) is 12.2 Å². The van der Waals surface area contributed by atoms with Gasteiger partial charge in [0.05, 0.1) is 0 Å². The maximum Gasteiger partial charge on any atom is 0.0462 e. The topological polar surface area (TPSA) is 21.3 Å². The molecule has 0 aliphatic heterocycles. The second-order valence-electron chi connectivity index (χ2n) is 3.70. The fraction of sp³-hybridized carbons (Fsp3) is 0.833. The van der Waals surface area contributed by atoms with E-state index < -0.39 is 0 Å². The van der Waals surface area contributed by atoms with Crippen molar-refractivity contribution in [3.63, 3.8) is 0 Å². The van der Waals surface area contributed by atoms with Crippen molar-refractivity contribution in [1.82, 2.24) is 5.32 Å². The van der Waals surface area contributed by atoms with E-state index in [4.69, 9.17) is 4.74 Å². The van der Waals surface area contributed by atoms with Crippen molar-refractivity contribution in [2.45, 2.75) is 45.6 Å². The van der Waals surface area contributed by atoms with Gasteiger partial charge in [-0.25, -0.2) is 0 Å². The zero-order valence-corrected chi connectivity index (χ0v) is 9.94. The van der Waals surface area contributed by atoms with Crippen molar-refractivity contribution in [1.29, 1.82) is 0 Å². The van der Waals surface area contributed by atoms with Gasteiger partial charge >= 0.3 is 0 Å². The third-order valence-electron chi connectivity index (χ3n) is 2.43. The van der Waals surface area contributed by atoms with Crippen LogP contribution < -0.4 is 5.32 Å². The molecule has 0 saturated carbocycles. The number of ether oxygens (including phenoxy) is 1. The van der Waals surface area contributed by atoms with E-state index in [-0.39, 0.29) is 0 Å². The van der Waals surface area contributed by atoms with E-state index in [1.807, 2.05) is 0 Å². The van der Waals surface area contributed by atoms with E-state index in [1.54, 1.807) is 7.11 Å². The second-order valence-corrected chi connectivity index (χ2v) is 3.70. The van der Waals surface area contributed by atoms with Crippen LogP contribution in [0, 0.1) is 0 Å². The van der Waals surface area contributed by atoms with Gasteiger partial charge in [0.2, 0.25) is 0 Å². The number of hydrogen-bond donors (Lipinski definition) is 1. The molecule has 1 atom stereocenters. The van der Waals surface area contributed by atoms with Gasteiger partial charge < -0.3 is 10.1 Å². The van der Waals surface area contributed by atoms with Crippen LogP contribution in [0.1, 0.15) is 39.5 Å². The van der Waals surface area contributed by atoms with Gasteiger partial charge in [0, 0.05) is 19.8 Å². The van der Waals surface area contributed by atoms with Crippen molar-refractivity contribution >= 4 is 0 Å². The Morgan fingerprint density at radius 3 is 2.64 bits per heavy atom. The zero-order chi connectivity index (χ0) is 10.8. The largest absolute Gasteiger partial charge is 0.385 e. The first-order chi connectivity index (χ1) is 6.74. The molecule has 2 nitrogen and oxygen atoms in total. The Morgan fingerprint density at radius 2 is 2.14 bits per heavy atom. The van der Waals surface area contributed by atoms with Crippen LogP contribution in [0.4, 0.5) is 0 Å². The SMILES string of the molecule is C=C(CC)CC(CCCOC)NCC. The fourth-order valence-electron chi connectivity index (χ4n) is 1.53. The lowest BCUT2D eigenvalue weighted by Gasteiger charge is -2.18. The monoisotopic (exact) mass is 199 g/mol. The zero-order valence-electron chi connectivity index (χ0n) is 9.94. The van der Waals surface area contributed by atoms with Crippen LogP contribution >= 0.6 is 0 Å². The predicted octanol–water partition coefficient (Wildman–Crippen LogP) is 2.75. The Morgan fingerprint density at radius 1 is 1.43 bits per heavy atom. The number of methoxy groups -OCH3 is 1. The summed E-state index contributed by atoms with van der Waals surface area (Å²) in [5.74, 6) is 0. The average Bonchev–Trinajstić information content (AvgIpc) is 2.18. The summed E-state index contributed by atoms with van der Waals surface area (Å²) in [6.45, 7) is 10.3. The van der Waals surface area contributed by atoms with Crippen LogP contribution in [0.15, 0.2) is 12.2 Å². The summed E-state index contributed by atoms with van der Waals surface area (Å²) >= 11 is 0. The minimum absolute atomic E-state index is 0.586. The van der Waals surface area contributed by atoms with Crippen LogP contribution in [-0.2, 0) is 4.74 Å². The minimum atomic E-state index is 0.586. The van der Waals surface area contributed by atoms with Crippen LogP contribution in [0.3, 0.4) is 0 Å². The van der Waals surface area contributed by atoms with E-state index in [0.717, 1.165) is 32.4 Å². The van der Waals surface area contributed by atoms with Crippen molar-refractivity contribution in [3.8, 4) is 0 Å². The Kier molecular flexibility index (Phi) is 9.00. The minimum Gasteiger partial charge on any atom is -0.385 e. The third-order valence-corrected chi connectivity index (χ3v) is 2.43. The number of rotatable bonds is 9. The first-order valence-electron chi connectivity index (χ1n) is 5.63. The summed E-state index contributed by atoms with van der Waals surface area (Å²) in [6, 6.07) is 0.586. The molecule has 0 spiro atoms. The Bertz CT molecular complexity index is 145. The predicted molar refractivity (Wildman–Crippen MR) is 62.6 cm³/mol. The van der Waals surface area contributed by atoms with Gasteiger partial charge in [-0.05, 0) is 32.2 Å². The van der Waals surface area contributed by atoms with Gasteiger partial charge in [0.1, 0.15) is 0 Å². The molecule has 0 radical (unpaired) electrons. The first kappa shape index (κ1) is 13.7. The molecule has 1 unspecified atom stereocenters. The maximum atomic E-state index is 5.05. The van der Waals surface area contributed by atoms with Gasteiger partial charge in [0.25, 0.3) is 0 Å². The third kappa shape index (κ3) is 7.10. The molecular formula is C12H25NO. The molecule has 0 aromatic carbocycles. The quantitative estimate of drug-likeness (QED) is 0.455. The lowest BCUT2D eigenvalue weighted by atomic mass is 10.0. The lowest BCUT2D eigenvalue weighted by molar-refractivity contribution is 0.188. The summed E-state index contributed by atoms with van der Waals surface area (Å²) in [7, 11) is 1.76. The van der Waals surface area contributed by atoms with E-state index in [1.165, 1.54) is 12.0 Å². The average molecular weight is 199 g/mol. The normalized spacial score (nSPS) is 12.8. The summed E-state index contributed by atoms with van der Waals surface area (Å²) in [6.07, 6.45) is 4.51. The van der Waals surface area contributed by atoms with E-state index in [9.17, 15) is 0 Å². The van der Waals surface area contributed by atoms with Crippen LogP contribution in [-0.4, -0.2) is 26.3 Å². The van der Waals surface area contributed by atoms with Crippen molar-refractivity contribution < 1.29 is 4.74 Å². The molecule has 0 bridgehead atoms. The molecular weight excluding hydrogens is 174 g/mol. The van der Waals surface area contributed by atoms with Crippen LogP contribution in [0.25, 0.3) is 0 Å². The standard InChI is InChI=1S/C12H25NO/c1-5-11(3)10-12(13-6-2)8-7-9-14-4/h12-13H,3,5-10H2,1-2,4H3. The fourth-order valence-corrected chi connectivity index (χ4v) is 1.53. The highest BCUT2D eigenvalue weighted by atomic mass is 16.5. The molecule has 2 heteroatoms. The Labute approximate surface area is 88.7 Å². The van der Waals surface area contributed by atoms with Crippen molar-refractivity contribution in [2.75, 3.05) is 20.3 Å². The summed E-state index contributed by atoms with van der Waals surface area (Å²) in [5, 5.41) is 3.49. The summed E-state index contributed by atoms with van der Waals surface area (Å²) in [5.41, 5.74) is 1.34. The molecule has 0 aromatic rings. The van der Waals surface area contributed by atoms with Gasteiger partial charge in [-0.2, -0.15) is 0 Å². The van der Waals surface area contributed by atoms with Crippen LogP contribution in [0.2, 0.25) is 0 Å². The second kappa shape index (κ2) is 9.22. The number of hydrogen-bond acceptors (Lipinski definition) is 2. The van der Waals surface area contributed by atoms with Gasteiger partial charge in [-0.1, -0.05) is 26.0 Å². The number of nitrogens with one attached hydrogen (secondary N) is 1.